The number of nitrogens with zero attached hydrogens (tertiary/aromatic N) is 4. The number of hydrogen-bond donors (Lipinski definition) is 2. The van der Waals surface area contributed by atoms with E-state index >= 15 is 0 Å². The highest BCUT2D eigenvalue weighted by molar-refractivity contribution is 7.17. The van der Waals surface area contributed by atoms with E-state index in [2.05, 4.69) is 25.5 Å². The summed E-state index contributed by atoms with van der Waals surface area (Å²) in [5, 5.41) is 11.1. The van der Waals surface area contributed by atoms with Crippen LogP contribution in [0.3, 0.4) is 0 Å². The van der Waals surface area contributed by atoms with Crippen LogP contribution < -0.4 is 15.6 Å². The molecule has 4 aromatic rings. The summed E-state index contributed by atoms with van der Waals surface area (Å²) in [5.74, 6) is 0.773. The second kappa shape index (κ2) is 7.00. The van der Waals surface area contributed by atoms with Crippen molar-refractivity contribution in [3.8, 4) is 17.1 Å². The van der Waals surface area contributed by atoms with Crippen LogP contribution in [0.5, 0.6) is 5.75 Å². The Morgan fingerprint density at radius 2 is 2.19 bits per heavy atom. The zero-order valence-corrected chi connectivity index (χ0v) is 15.0. The lowest BCUT2D eigenvalue weighted by Gasteiger charge is -2.05. The molecule has 2 N–H and O–H groups in total. The normalized spacial score (nSPS) is 10.9. The van der Waals surface area contributed by atoms with Crippen molar-refractivity contribution in [3.05, 3.63) is 52.4 Å². The van der Waals surface area contributed by atoms with Crippen LogP contribution >= 0.6 is 11.3 Å². The minimum absolute atomic E-state index is 0.110. The minimum Gasteiger partial charge on any atom is -0.496 e. The molecule has 0 aliphatic heterocycles. The molecule has 3 heterocycles. The van der Waals surface area contributed by atoms with Crippen LogP contribution in [0.1, 0.15) is 0 Å². The van der Waals surface area contributed by atoms with Crippen LogP contribution in [0.25, 0.3) is 21.6 Å². The summed E-state index contributed by atoms with van der Waals surface area (Å²) < 4.78 is 7.06. The van der Waals surface area contributed by atoms with E-state index in [0.29, 0.717) is 21.8 Å². The predicted molar refractivity (Wildman–Crippen MR) is 101 cm³/mol. The number of anilines is 1. The first-order valence-corrected chi connectivity index (χ1v) is 8.82. The van der Waals surface area contributed by atoms with Gasteiger partial charge in [-0.25, -0.2) is 4.98 Å². The highest BCUT2D eigenvalue weighted by Crippen LogP contribution is 2.27. The summed E-state index contributed by atoms with van der Waals surface area (Å²) in [6.45, 7) is -0.182. The van der Waals surface area contributed by atoms with Crippen molar-refractivity contribution >= 4 is 33.4 Å². The quantitative estimate of drug-likeness (QED) is 0.545. The van der Waals surface area contributed by atoms with Crippen molar-refractivity contribution in [2.75, 3.05) is 12.4 Å². The molecule has 136 valence electrons. The zero-order valence-electron chi connectivity index (χ0n) is 14.2. The van der Waals surface area contributed by atoms with Crippen molar-refractivity contribution in [1.82, 2.24) is 24.7 Å². The first-order chi connectivity index (χ1) is 13.2. The van der Waals surface area contributed by atoms with Crippen molar-refractivity contribution < 1.29 is 9.53 Å². The average molecular weight is 382 g/mol. The molecular weight excluding hydrogens is 368 g/mol. The number of thiophene rings is 1. The lowest BCUT2D eigenvalue weighted by atomic mass is 10.2. The number of amides is 1. The van der Waals surface area contributed by atoms with E-state index in [0.717, 1.165) is 5.56 Å². The van der Waals surface area contributed by atoms with Gasteiger partial charge in [-0.1, -0.05) is 12.1 Å². The summed E-state index contributed by atoms with van der Waals surface area (Å²) in [7, 11) is 1.56. The number of aromatic nitrogens is 5. The molecular formula is C17H14N6O3S. The predicted octanol–water partition coefficient (Wildman–Crippen LogP) is 1.89. The molecule has 1 amide bonds. The maximum absolute atomic E-state index is 12.3. The summed E-state index contributed by atoms with van der Waals surface area (Å²) in [5.41, 5.74) is 1.09. The standard InChI is InChI=1S/C17H14N6O3S/c1-26-12-5-3-2-4-10(12)15-20-17(22-21-15)19-13(24)8-23-9-18-11-6-7-27-14(11)16(23)25/h2-7,9H,8H2,1H3,(H2,19,20,21,22,24). The van der Waals surface area contributed by atoms with Crippen LogP contribution in [-0.2, 0) is 11.3 Å². The maximum atomic E-state index is 12.3. The van der Waals surface area contributed by atoms with Gasteiger partial charge in [0.2, 0.25) is 11.9 Å². The molecule has 0 spiro atoms. The Morgan fingerprint density at radius 1 is 1.33 bits per heavy atom. The summed E-state index contributed by atoms with van der Waals surface area (Å²) in [6.07, 6.45) is 1.36. The Labute approximate surface area is 156 Å². The fraction of sp³-hybridized carbons (Fsp3) is 0.118. The number of para-hydroxylation sites is 1. The molecule has 1 aromatic carbocycles. The molecule has 0 aliphatic carbocycles. The zero-order chi connectivity index (χ0) is 18.8. The van der Waals surface area contributed by atoms with Crippen LogP contribution in [-0.4, -0.2) is 37.7 Å². The van der Waals surface area contributed by atoms with E-state index in [9.17, 15) is 9.59 Å². The third-order valence-electron chi connectivity index (χ3n) is 3.85. The Balaban J connectivity index is 1.51. The molecule has 0 atom stereocenters. The first kappa shape index (κ1) is 16.9. The van der Waals surface area contributed by atoms with Gasteiger partial charge >= 0.3 is 0 Å². The molecule has 0 fully saturated rings. The molecule has 0 saturated heterocycles. The van der Waals surface area contributed by atoms with Gasteiger partial charge < -0.3 is 4.74 Å². The monoisotopic (exact) mass is 382 g/mol. The van der Waals surface area contributed by atoms with Gasteiger partial charge in [0, 0.05) is 0 Å². The summed E-state index contributed by atoms with van der Waals surface area (Å²) >= 11 is 1.29. The van der Waals surface area contributed by atoms with Gasteiger partial charge in [-0.2, -0.15) is 4.98 Å². The first-order valence-electron chi connectivity index (χ1n) is 7.94. The number of hydrogen-bond acceptors (Lipinski definition) is 7. The molecule has 27 heavy (non-hydrogen) atoms. The van der Waals surface area contributed by atoms with Gasteiger partial charge in [0.1, 0.15) is 17.0 Å². The van der Waals surface area contributed by atoms with Crippen molar-refractivity contribution in [1.29, 1.82) is 0 Å². The van der Waals surface area contributed by atoms with Crippen LogP contribution in [0.15, 0.2) is 46.8 Å². The molecule has 0 aliphatic rings. The van der Waals surface area contributed by atoms with E-state index in [-0.39, 0.29) is 18.1 Å². The molecule has 0 radical (unpaired) electrons. The van der Waals surface area contributed by atoms with Crippen molar-refractivity contribution in [2.45, 2.75) is 6.54 Å². The van der Waals surface area contributed by atoms with Crippen molar-refractivity contribution in [3.63, 3.8) is 0 Å². The van der Waals surface area contributed by atoms with Gasteiger partial charge in [-0.15, -0.1) is 16.4 Å². The van der Waals surface area contributed by atoms with E-state index in [4.69, 9.17) is 4.74 Å². The molecule has 0 saturated carbocycles. The van der Waals surface area contributed by atoms with Crippen LogP contribution in [0.4, 0.5) is 5.95 Å². The third kappa shape index (κ3) is 3.29. The molecule has 9 nitrogen and oxygen atoms in total. The molecule has 3 aromatic heterocycles. The van der Waals surface area contributed by atoms with Gasteiger partial charge in [0.05, 0.1) is 24.5 Å². The highest BCUT2D eigenvalue weighted by Gasteiger charge is 2.14. The fourth-order valence-electron chi connectivity index (χ4n) is 2.59. The Bertz CT molecular complexity index is 1180. The highest BCUT2D eigenvalue weighted by atomic mass is 32.1. The maximum Gasteiger partial charge on any atom is 0.271 e. The fourth-order valence-corrected chi connectivity index (χ4v) is 3.38. The number of nitrogens with one attached hydrogen (secondary N) is 2. The van der Waals surface area contributed by atoms with Gasteiger partial charge in [-0.3, -0.25) is 24.6 Å². The average Bonchev–Trinajstić information content (AvgIpc) is 3.34. The van der Waals surface area contributed by atoms with Gasteiger partial charge in [0.25, 0.3) is 5.56 Å². The van der Waals surface area contributed by atoms with E-state index in [1.54, 1.807) is 24.6 Å². The summed E-state index contributed by atoms with van der Waals surface area (Å²) in [6, 6.07) is 9.08. The molecule has 0 bridgehead atoms. The largest absolute Gasteiger partial charge is 0.496 e. The molecule has 10 heteroatoms. The van der Waals surface area contributed by atoms with E-state index in [1.807, 2.05) is 18.2 Å². The SMILES string of the molecule is COc1ccccc1-c1nc(NC(=O)Cn2cnc3ccsc3c2=O)n[nH]1. The molecule has 0 unspecified atom stereocenters. The van der Waals surface area contributed by atoms with Gasteiger partial charge in [0.15, 0.2) is 5.82 Å². The number of fused-ring (bicyclic) bond motifs is 1. The number of methoxy groups -OCH3 is 1. The second-order valence-electron chi connectivity index (χ2n) is 5.57. The van der Waals surface area contributed by atoms with Crippen LogP contribution in [0.2, 0.25) is 0 Å². The number of benzene rings is 1. The molecule has 4 rings (SSSR count). The number of H-pyrrole nitrogens is 1. The van der Waals surface area contributed by atoms with E-state index < -0.39 is 5.91 Å². The number of carbonyl (C=O) groups excluding carboxylic acids is 1. The number of carbonyl (C=O) groups is 1. The number of aromatic amines is 1. The van der Waals surface area contributed by atoms with Crippen LogP contribution in [0, 0.1) is 0 Å². The minimum atomic E-state index is -0.430. The smallest absolute Gasteiger partial charge is 0.271 e. The van der Waals surface area contributed by atoms with E-state index in [1.165, 1.54) is 22.2 Å². The summed E-state index contributed by atoms with van der Waals surface area (Å²) in [4.78, 5) is 33.0. The third-order valence-corrected chi connectivity index (χ3v) is 4.74. The Morgan fingerprint density at radius 3 is 3.04 bits per heavy atom. The number of rotatable bonds is 5. The van der Waals surface area contributed by atoms with Crippen molar-refractivity contribution in [2.24, 2.45) is 0 Å². The number of ether oxygens (including phenoxy) is 1. The van der Waals surface area contributed by atoms with Gasteiger partial charge in [-0.05, 0) is 23.6 Å². The second-order valence-corrected chi connectivity index (χ2v) is 6.48. The Kier molecular flexibility index (Phi) is 4.38. The Hall–Kier alpha value is -3.53. The lowest BCUT2D eigenvalue weighted by Crippen LogP contribution is -2.27. The topological polar surface area (TPSA) is 115 Å². The lowest BCUT2D eigenvalue weighted by molar-refractivity contribution is -0.116.